The number of aliphatic carboxylic acids is 1. The third-order valence-electron chi connectivity index (χ3n) is 6.80. The van der Waals surface area contributed by atoms with Crippen molar-refractivity contribution in [3.8, 4) is 11.1 Å². The zero-order chi connectivity index (χ0) is 24.6. The molecule has 0 spiro atoms. The fraction of sp³-hybridized carbons (Fsp3) is 0.444. The predicted molar refractivity (Wildman–Crippen MR) is 130 cm³/mol. The van der Waals surface area contributed by atoms with E-state index in [9.17, 15) is 14.4 Å². The molecule has 35 heavy (non-hydrogen) atoms. The fourth-order valence-electron chi connectivity index (χ4n) is 4.77. The van der Waals surface area contributed by atoms with E-state index in [1.54, 1.807) is 0 Å². The van der Waals surface area contributed by atoms with Crippen molar-refractivity contribution in [3.05, 3.63) is 59.7 Å². The summed E-state index contributed by atoms with van der Waals surface area (Å²) in [7, 11) is 0. The molecule has 0 bridgehead atoms. The molecule has 1 saturated carbocycles. The Morgan fingerprint density at radius 1 is 0.971 bits per heavy atom. The molecule has 2 amide bonds. The zero-order valence-electron chi connectivity index (χ0n) is 19.7. The fourth-order valence-corrected chi connectivity index (χ4v) is 4.77. The van der Waals surface area contributed by atoms with Crippen molar-refractivity contribution in [1.29, 1.82) is 0 Å². The number of carboxylic acids is 1. The highest BCUT2D eigenvalue weighted by Gasteiger charge is 2.32. The van der Waals surface area contributed by atoms with Gasteiger partial charge < -0.3 is 25.2 Å². The van der Waals surface area contributed by atoms with E-state index in [1.807, 2.05) is 24.3 Å². The molecule has 8 nitrogen and oxygen atoms in total. The van der Waals surface area contributed by atoms with Crippen LogP contribution < -0.4 is 10.6 Å². The van der Waals surface area contributed by atoms with Gasteiger partial charge in [0.2, 0.25) is 5.91 Å². The van der Waals surface area contributed by atoms with Crippen LogP contribution in [0.4, 0.5) is 4.79 Å². The van der Waals surface area contributed by atoms with Crippen LogP contribution in [-0.4, -0.2) is 55.5 Å². The molecule has 186 valence electrons. The Balaban J connectivity index is 1.26. The molecule has 2 aliphatic rings. The highest BCUT2D eigenvalue weighted by molar-refractivity contribution is 5.79. The molecule has 0 saturated heterocycles. The maximum Gasteiger partial charge on any atom is 0.407 e. The molecular weight excluding hydrogens is 448 g/mol. The van der Waals surface area contributed by atoms with E-state index < -0.39 is 12.1 Å². The van der Waals surface area contributed by atoms with E-state index >= 15 is 0 Å². The number of hydrogen-bond donors (Lipinski definition) is 3. The molecule has 1 atom stereocenters. The van der Waals surface area contributed by atoms with Gasteiger partial charge in [-0.1, -0.05) is 55.0 Å². The number of carboxylic acid groups (broad SMARTS) is 1. The summed E-state index contributed by atoms with van der Waals surface area (Å²) in [5, 5.41) is 14.3. The molecule has 0 radical (unpaired) electrons. The van der Waals surface area contributed by atoms with Gasteiger partial charge in [-0.05, 0) is 41.0 Å². The number of amides is 2. The maximum atomic E-state index is 12.7. The first kappa shape index (κ1) is 24.7. The van der Waals surface area contributed by atoms with Crippen molar-refractivity contribution in [2.24, 2.45) is 5.92 Å². The van der Waals surface area contributed by atoms with E-state index in [0.29, 0.717) is 6.54 Å². The third-order valence-corrected chi connectivity index (χ3v) is 6.80. The lowest BCUT2D eigenvalue weighted by atomic mass is 9.78. The minimum atomic E-state index is -0.920. The monoisotopic (exact) mass is 480 g/mol. The Morgan fingerprint density at radius 2 is 1.63 bits per heavy atom. The summed E-state index contributed by atoms with van der Waals surface area (Å²) in [4.78, 5) is 35.6. The molecule has 8 heteroatoms. The summed E-state index contributed by atoms with van der Waals surface area (Å²) in [6.07, 6.45) is 2.63. The summed E-state index contributed by atoms with van der Waals surface area (Å²) in [5.74, 6) is -0.854. The van der Waals surface area contributed by atoms with Gasteiger partial charge in [0.1, 0.15) is 6.61 Å². The molecule has 1 unspecified atom stereocenters. The molecule has 2 aromatic rings. The first-order chi connectivity index (χ1) is 17.0. The number of hydrogen-bond acceptors (Lipinski definition) is 5. The largest absolute Gasteiger partial charge is 0.481 e. The normalized spacial score (nSPS) is 15.4. The van der Waals surface area contributed by atoms with Crippen molar-refractivity contribution in [2.45, 2.75) is 44.1 Å². The summed E-state index contributed by atoms with van der Waals surface area (Å²) >= 11 is 0. The second-order valence-corrected chi connectivity index (χ2v) is 9.08. The van der Waals surface area contributed by atoms with E-state index in [4.69, 9.17) is 14.6 Å². The lowest BCUT2D eigenvalue weighted by Gasteiger charge is -2.33. The second kappa shape index (κ2) is 11.8. The van der Waals surface area contributed by atoms with Crippen LogP contribution in [0.3, 0.4) is 0 Å². The van der Waals surface area contributed by atoms with Gasteiger partial charge in [-0.25, -0.2) is 4.79 Å². The number of benzene rings is 2. The van der Waals surface area contributed by atoms with Crippen molar-refractivity contribution in [1.82, 2.24) is 10.6 Å². The number of carbonyl (C=O) groups is 3. The Kier molecular flexibility index (Phi) is 8.36. The predicted octanol–water partition coefficient (Wildman–Crippen LogP) is 3.69. The third kappa shape index (κ3) is 6.39. The highest BCUT2D eigenvalue weighted by Crippen LogP contribution is 2.44. The molecule has 0 heterocycles. The average molecular weight is 481 g/mol. The van der Waals surface area contributed by atoms with Gasteiger partial charge in [0.15, 0.2) is 0 Å². The Labute approximate surface area is 205 Å². The van der Waals surface area contributed by atoms with Crippen LogP contribution in [-0.2, 0) is 19.1 Å². The molecule has 0 aliphatic heterocycles. The molecule has 3 N–H and O–H groups in total. The molecule has 1 fully saturated rings. The highest BCUT2D eigenvalue weighted by atomic mass is 16.5. The maximum absolute atomic E-state index is 12.7. The Hall–Kier alpha value is -3.39. The van der Waals surface area contributed by atoms with Crippen molar-refractivity contribution < 1.29 is 29.0 Å². The molecule has 2 aromatic carbocycles. The van der Waals surface area contributed by atoms with Crippen LogP contribution in [0.2, 0.25) is 0 Å². The van der Waals surface area contributed by atoms with Crippen LogP contribution in [0.5, 0.6) is 0 Å². The van der Waals surface area contributed by atoms with Crippen molar-refractivity contribution >= 4 is 18.0 Å². The number of rotatable bonds is 12. The number of alkyl carbamates (subject to hydrolysis) is 1. The summed E-state index contributed by atoms with van der Waals surface area (Å²) in [6, 6.07) is 16.1. The van der Waals surface area contributed by atoms with Gasteiger partial charge in [0.25, 0.3) is 0 Å². The zero-order valence-corrected chi connectivity index (χ0v) is 19.7. The summed E-state index contributed by atoms with van der Waals surface area (Å²) in [6.45, 7) is 0.879. The Bertz CT molecular complexity index is 1010. The van der Waals surface area contributed by atoms with E-state index in [0.717, 1.165) is 30.4 Å². The first-order valence-electron chi connectivity index (χ1n) is 12.2. The van der Waals surface area contributed by atoms with E-state index in [1.165, 1.54) is 11.1 Å². The smallest absolute Gasteiger partial charge is 0.407 e. The lowest BCUT2D eigenvalue weighted by Crippen LogP contribution is -2.46. The summed E-state index contributed by atoms with van der Waals surface area (Å²) < 4.78 is 10.9. The van der Waals surface area contributed by atoms with Gasteiger partial charge in [0.05, 0.1) is 19.6 Å². The van der Waals surface area contributed by atoms with Crippen LogP contribution in [0.1, 0.15) is 49.1 Å². The molecular formula is C27H32N2O6. The molecule has 4 rings (SSSR count). The van der Waals surface area contributed by atoms with Crippen LogP contribution in [0.15, 0.2) is 48.5 Å². The van der Waals surface area contributed by atoms with Crippen LogP contribution in [0, 0.1) is 5.92 Å². The van der Waals surface area contributed by atoms with Gasteiger partial charge in [0, 0.05) is 24.9 Å². The van der Waals surface area contributed by atoms with Crippen LogP contribution >= 0.6 is 0 Å². The topological polar surface area (TPSA) is 114 Å². The Morgan fingerprint density at radius 3 is 2.23 bits per heavy atom. The second-order valence-electron chi connectivity index (χ2n) is 9.08. The van der Waals surface area contributed by atoms with Gasteiger partial charge >= 0.3 is 12.1 Å². The van der Waals surface area contributed by atoms with Gasteiger partial charge in [-0.2, -0.15) is 0 Å². The summed E-state index contributed by atoms with van der Waals surface area (Å²) in [5.41, 5.74) is 4.66. The van der Waals surface area contributed by atoms with Crippen molar-refractivity contribution in [2.75, 3.05) is 26.4 Å². The van der Waals surface area contributed by atoms with Crippen molar-refractivity contribution in [3.63, 3.8) is 0 Å². The number of ether oxygens (including phenoxy) is 2. The minimum Gasteiger partial charge on any atom is -0.481 e. The SMILES string of the molecule is O=C(O)CCOCCNC(=O)CC(NC(=O)OCC1c2ccccc2-c2ccccc21)C1CCC1. The van der Waals surface area contributed by atoms with Gasteiger partial charge in [-0.3, -0.25) is 9.59 Å². The molecule has 0 aromatic heterocycles. The van der Waals surface area contributed by atoms with Crippen LogP contribution in [0.25, 0.3) is 11.1 Å². The number of carbonyl (C=O) groups excluding carboxylic acids is 2. The van der Waals surface area contributed by atoms with Gasteiger partial charge in [-0.15, -0.1) is 0 Å². The standard InChI is InChI=1S/C27H32N2O6/c30-25(28-13-15-34-14-12-26(31)32)16-24(18-6-5-7-18)29-27(33)35-17-23-21-10-3-1-8-19(21)20-9-2-4-11-22(20)23/h1-4,8-11,18,23-24H,5-7,12-17H2,(H,28,30)(H,29,33)(H,31,32). The average Bonchev–Trinajstić information content (AvgIpc) is 3.12. The number of nitrogens with one attached hydrogen (secondary N) is 2. The minimum absolute atomic E-state index is 0.0141. The van der Waals surface area contributed by atoms with E-state index in [-0.39, 0.29) is 56.4 Å². The number of fused-ring (bicyclic) bond motifs is 3. The first-order valence-corrected chi connectivity index (χ1v) is 12.2. The molecule has 2 aliphatic carbocycles. The lowest BCUT2D eigenvalue weighted by molar-refractivity contribution is -0.138. The van der Waals surface area contributed by atoms with E-state index in [2.05, 4.69) is 34.9 Å². The quantitative estimate of drug-likeness (QED) is 0.399.